The summed E-state index contributed by atoms with van der Waals surface area (Å²) < 4.78 is 27.0. The summed E-state index contributed by atoms with van der Waals surface area (Å²) in [5, 5.41) is 9.14. The summed E-state index contributed by atoms with van der Waals surface area (Å²) in [7, 11) is 0. The van der Waals surface area contributed by atoms with Crippen LogP contribution in [0.4, 0.5) is 8.78 Å². The van der Waals surface area contributed by atoms with Crippen molar-refractivity contribution in [1.82, 2.24) is 15.1 Å². The first-order valence-corrected chi connectivity index (χ1v) is 11.2. The average molecular weight is 440 g/mol. The van der Waals surface area contributed by atoms with Crippen molar-refractivity contribution in [3.8, 4) is 11.3 Å². The smallest absolute Gasteiger partial charge is 0.123 e. The van der Waals surface area contributed by atoms with Crippen molar-refractivity contribution >= 4 is 11.6 Å². The Morgan fingerprint density at radius 3 is 2.39 bits per heavy atom. The van der Waals surface area contributed by atoms with Gasteiger partial charge in [-0.2, -0.15) is 10.2 Å². The van der Waals surface area contributed by atoms with E-state index in [4.69, 9.17) is 11.6 Å². The zero-order chi connectivity index (χ0) is 21.4. The summed E-state index contributed by atoms with van der Waals surface area (Å²) in [6, 6.07) is 15.0. The first kappa shape index (κ1) is 20.5. The maximum atomic E-state index is 13.5. The Labute approximate surface area is 186 Å². The maximum Gasteiger partial charge on any atom is 0.123 e. The Hall–Kier alpha value is -2.37. The zero-order valence-electron chi connectivity index (χ0n) is 17.1. The second-order valence-corrected chi connectivity index (χ2v) is 9.33. The normalized spacial score (nSPS) is 23.3. The molecule has 3 aromatic rings. The van der Waals surface area contributed by atoms with Crippen LogP contribution in [-0.2, 0) is 13.0 Å². The fraction of sp³-hybridized carbons (Fsp3) is 0.360. The Bertz CT molecular complexity index is 1060. The number of fused-ring (bicyclic) bond motifs is 1. The van der Waals surface area contributed by atoms with Crippen LogP contribution in [0.5, 0.6) is 0 Å². The van der Waals surface area contributed by atoms with Crippen molar-refractivity contribution in [1.29, 1.82) is 0 Å². The van der Waals surface area contributed by atoms with Gasteiger partial charge in [0.1, 0.15) is 11.6 Å². The molecule has 0 N–H and O–H groups in total. The molecule has 5 rings (SSSR count). The van der Waals surface area contributed by atoms with Crippen LogP contribution in [0.15, 0.2) is 54.6 Å². The molecule has 0 radical (unpaired) electrons. The minimum Gasteiger partial charge on any atom is -0.299 e. The highest BCUT2D eigenvalue weighted by Gasteiger charge is 2.40. The van der Waals surface area contributed by atoms with E-state index in [-0.39, 0.29) is 11.6 Å². The SMILES string of the molecule is Fc1cccc(CN2C[C@H]3CC(Cc4ccc(-c5cc(F)ccc5Cl)nn4)C[C@H]3C2)c1. The molecule has 1 saturated carbocycles. The summed E-state index contributed by atoms with van der Waals surface area (Å²) in [6.45, 7) is 2.99. The number of rotatable bonds is 5. The molecule has 3 nitrogen and oxygen atoms in total. The lowest BCUT2D eigenvalue weighted by Crippen LogP contribution is -2.22. The molecule has 3 atom stereocenters. The third kappa shape index (κ3) is 4.63. The number of hydrogen-bond donors (Lipinski definition) is 0. The van der Waals surface area contributed by atoms with Crippen molar-refractivity contribution in [3.05, 3.63) is 82.5 Å². The number of hydrogen-bond acceptors (Lipinski definition) is 3. The van der Waals surface area contributed by atoms with Crippen LogP contribution in [0.1, 0.15) is 24.1 Å². The van der Waals surface area contributed by atoms with E-state index in [0.717, 1.165) is 37.3 Å². The summed E-state index contributed by atoms with van der Waals surface area (Å²) in [5.41, 5.74) is 3.17. The van der Waals surface area contributed by atoms with Crippen LogP contribution >= 0.6 is 11.6 Å². The molecular formula is C25H24ClF2N3. The van der Waals surface area contributed by atoms with E-state index in [1.54, 1.807) is 12.1 Å². The summed E-state index contributed by atoms with van der Waals surface area (Å²) >= 11 is 6.18. The van der Waals surface area contributed by atoms with E-state index in [0.29, 0.717) is 34.0 Å². The van der Waals surface area contributed by atoms with E-state index < -0.39 is 0 Å². The van der Waals surface area contributed by atoms with Gasteiger partial charge in [0.05, 0.1) is 16.4 Å². The first-order chi connectivity index (χ1) is 15.0. The molecular weight excluding hydrogens is 416 g/mol. The highest BCUT2D eigenvalue weighted by molar-refractivity contribution is 6.33. The molecule has 6 heteroatoms. The molecule has 1 aliphatic carbocycles. The number of likely N-dealkylation sites (tertiary alicyclic amines) is 1. The highest BCUT2D eigenvalue weighted by atomic mass is 35.5. The molecule has 0 bridgehead atoms. The van der Waals surface area contributed by atoms with E-state index in [1.165, 1.54) is 37.1 Å². The second-order valence-electron chi connectivity index (χ2n) is 8.92. The van der Waals surface area contributed by atoms with Crippen LogP contribution in [0.25, 0.3) is 11.3 Å². The van der Waals surface area contributed by atoms with E-state index in [2.05, 4.69) is 15.1 Å². The third-order valence-electron chi connectivity index (χ3n) is 6.64. The van der Waals surface area contributed by atoms with Crippen molar-refractivity contribution in [3.63, 3.8) is 0 Å². The quantitative estimate of drug-likeness (QED) is 0.505. The molecule has 2 aromatic carbocycles. The van der Waals surface area contributed by atoms with Gasteiger partial charge in [-0.1, -0.05) is 23.7 Å². The van der Waals surface area contributed by atoms with E-state index in [9.17, 15) is 8.78 Å². The maximum absolute atomic E-state index is 13.5. The number of halogens is 3. The average Bonchev–Trinajstić information content (AvgIpc) is 3.28. The minimum atomic E-state index is -0.339. The van der Waals surface area contributed by atoms with Crippen LogP contribution in [0.3, 0.4) is 0 Å². The lowest BCUT2D eigenvalue weighted by Gasteiger charge is -2.19. The molecule has 0 amide bonds. The fourth-order valence-corrected chi connectivity index (χ4v) is 5.53. The molecule has 2 fully saturated rings. The molecule has 2 heterocycles. The van der Waals surface area contributed by atoms with Gasteiger partial charge < -0.3 is 0 Å². The fourth-order valence-electron chi connectivity index (χ4n) is 5.31. The van der Waals surface area contributed by atoms with Gasteiger partial charge in [0.15, 0.2) is 0 Å². The van der Waals surface area contributed by atoms with Crippen LogP contribution < -0.4 is 0 Å². The van der Waals surface area contributed by atoms with Crippen molar-refractivity contribution in [2.24, 2.45) is 17.8 Å². The van der Waals surface area contributed by atoms with E-state index in [1.807, 2.05) is 18.2 Å². The minimum absolute atomic E-state index is 0.163. The van der Waals surface area contributed by atoms with Gasteiger partial charge in [0, 0.05) is 25.2 Å². The largest absolute Gasteiger partial charge is 0.299 e. The molecule has 1 aromatic heterocycles. The zero-order valence-corrected chi connectivity index (χ0v) is 17.9. The second kappa shape index (κ2) is 8.64. The molecule has 1 unspecified atom stereocenters. The van der Waals surface area contributed by atoms with Gasteiger partial charge in [0.2, 0.25) is 0 Å². The van der Waals surface area contributed by atoms with Crippen molar-refractivity contribution < 1.29 is 8.78 Å². The lowest BCUT2D eigenvalue weighted by molar-refractivity contribution is 0.289. The lowest BCUT2D eigenvalue weighted by atomic mass is 9.99. The number of aromatic nitrogens is 2. The Balaban J connectivity index is 1.17. The van der Waals surface area contributed by atoms with Gasteiger partial charge in [-0.3, -0.25) is 4.90 Å². The predicted octanol–water partition coefficient (Wildman–Crippen LogP) is 5.78. The van der Waals surface area contributed by atoms with Gasteiger partial charge >= 0.3 is 0 Å². The molecule has 0 spiro atoms. The molecule has 31 heavy (non-hydrogen) atoms. The molecule has 2 aliphatic rings. The highest BCUT2D eigenvalue weighted by Crippen LogP contribution is 2.43. The monoisotopic (exact) mass is 439 g/mol. The first-order valence-electron chi connectivity index (χ1n) is 10.8. The predicted molar refractivity (Wildman–Crippen MR) is 118 cm³/mol. The van der Waals surface area contributed by atoms with Gasteiger partial charge in [-0.05, 0) is 85.0 Å². The van der Waals surface area contributed by atoms with Crippen molar-refractivity contribution in [2.75, 3.05) is 13.1 Å². The van der Waals surface area contributed by atoms with Gasteiger partial charge in [0.25, 0.3) is 0 Å². The standard InChI is InChI=1S/C25H24ClF2N3/c26-24-6-4-21(28)12-23(24)25-7-5-22(29-30-25)11-17-8-18-14-31(15-19(18)9-17)13-16-2-1-3-20(27)10-16/h1-7,10,12,17-19H,8-9,11,13-15H2/t17?,18-,19+. The number of nitrogens with zero attached hydrogens (tertiary/aromatic N) is 3. The Morgan fingerprint density at radius 2 is 1.68 bits per heavy atom. The van der Waals surface area contributed by atoms with Crippen LogP contribution in [-0.4, -0.2) is 28.2 Å². The Morgan fingerprint density at radius 1 is 0.903 bits per heavy atom. The van der Waals surface area contributed by atoms with Gasteiger partial charge in [-0.15, -0.1) is 0 Å². The topological polar surface area (TPSA) is 29.0 Å². The summed E-state index contributed by atoms with van der Waals surface area (Å²) in [5.74, 6) is 1.52. The van der Waals surface area contributed by atoms with Gasteiger partial charge in [-0.25, -0.2) is 8.78 Å². The summed E-state index contributed by atoms with van der Waals surface area (Å²) in [4.78, 5) is 2.46. The molecule has 160 valence electrons. The van der Waals surface area contributed by atoms with E-state index >= 15 is 0 Å². The molecule has 1 saturated heterocycles. The van der Waals surface area contributed by atoms with Crippen molar-refractivity contribution in [2.45, 2.75) is 25.8 Å². The molecule has 1 aliphatic heterocycles. The summed E-state index contributed by atoms with van der Waals surface area (Å²) in [6.07, 6.45) is 3.31. The number of benzene rings is 2. The Kier molecular flexibility index (Phi) is 5.72. The third-order valence-corrected chi connectivity index (χ3v) is 6.97. The van der Waals surface area contributed by atoms with Crippen LogP contribution in [0, 0.1) is 29.4 Å². The van der Waals surface area contributed by atoms with Crippen LogP contribution in [0.2, 0.25) is 5.02 Å².